The number of nitriles is 1. The van der Waals surface area contributed by atoms with Gasteiger partial charge in [-0.05, 0) is 27.7 Å². The minimum Gasteiger partial charge on any atom is -0.765 e. The predicted molar refractivity (Wildman–Crippen MR) is 53.2 cm³/mol. The van der Waals surface area contributed by atoms with E-state index in [4.69, 9.17) is 5.26 Å². The van der Waals surface area contributed by atoms with Crippen molar-refractivity contribution in [3.8, 4) is 6.07 Å². The summed E-state index contributed by atoms with van der Waals surface area (Å²) in [4.78, 5) is 22.8. The standard InChI is InChI=1S/C9H19N2O3P/c1-8(2)11(9(3)4,7-5-6-10)15(12,13)14/h8-9H,5,7H2,1-4H3,(H-,12,13,14)/p-1. The van der Waals surface area contributed by atoms with Gasteiger partial charge < -0.3 is 9.79 Å². The smallest absolute Gasteiger partial charge is 0.126 e. The Morgan fingerprint density at radius 3 is 1.87 bits per heavy atom. The Bertz CT molecular complexity index is 282. The molecular weight excluding hydrogens is 215 g/mol. The molecular formula is C9H18N2O3P-. The third-order valence-electron chi connectivity index (χ3n) is 2.83. The molecule has 5 nitrogen and oxygen atoms in total. The molecule has 0 aromatic heterocycles. The molecule has 0 spiro atoms. The Balaban J connectivity index is 5.31. The van der Waals surface area contributed by atoms with Crippen molar-refractivity contribution < 1.29 is 18.6 Å². The van der Waals surface area contributed by atoms with E-state index >= 15 is 0 Å². The maximum absolute atomic E-state index is 11.4. The summed E-state index contributed by atoms with van der Waals surface area (Å²) in [5.41, 5.74) is 0. The van der Waals surface area contributed by atoms with E-state index in [0.717, 1.165) is 0 Å². The van der Waals surface area contributed by atoms with Crippen LogP contribution in [0.2, 0.25) is 0 Å². The summed E-state index contributed by atoms with van der Waals surface area (Å²) in [7, 11) is -4.76. The van der Waals surface area contributed by atoms with Gasteiger partial charge >= 0.3 is 0 Å². The monoisotopic (exact) mass is 233 g/mol. The lowest BCUT2D eigenvalue weighted by molar-refractivity contribution is -0.889. The van der Waals surface area contributed by atoms with Crippen LogP contribution in [0.3, 0.4) is 0 Å². The van der Waals surface area contributed by atoms with Crippen molar-refractivity contribution in [2.45, 2.75) is 46.2 Å². The average Bonchev–Trinajstić information content (AvgIpc) is 2.01. The minimum atomic E-state index is -4.76. The van der Waals surface area contributed by atoms with Crippen molar-refractivity contribution in [2.24, 2.45) is 0 Å². The Kier molecular flexibility index (Phi) is 4.95. The molecule has 15 heavy (non-hydrogen) atoms. The molecule has 0 heterocycles. The zero-order valence-electron chi connectivity index (χ0n) is 9.64. The molecule has 0 aliphatic carbocycles. The maximum atomic E-state index is 11.4. The lowest BCUT2D eigenvalue weighted by Gasteiger charge is -2.56. The predicted octanol–water partition coefficient (Wildman–Crippen LogP) is 0.362. The van der Waals surface area contributed by atoms with E-state index in [2.05, 4.69) is 0 Å². The molecule has 0 aliphatic heterocycles. The number of hydrogen-bond acceptors (Lipinski definition) is 4. The van der Waals surface area contributed by atoms with Crippen molar-refractivity contribution in [3.63, 3.8) is 0 Å². The second-order valence-corrected chi connectivity index (χ2v) is 5.86. The van der Waals surface area contributed by atoms with Gasteiger partial charge in [0.2, 0.25) is 0 Å². The normalized spacial score (nSPS) is 13.3. The molecule has 0 rings (SSSR count). The van der Waals surface area contributed by atoms with Crippen molar-refractivity contribution >= 4 is 7.75 Å². The van der Waals surface area contributed by atoms with Gasteiger partial charge in [0.1, 0.15) is 7.75 Å². The fourth-order valence-corrected chi connectivity index (χ4v) is 3.51. The van der Waals surface area contributed by atoms with Gasteiger partial charge in [-0.3, -0.25) is 8.82 Å². The largest absolute Gasteiger partial charge is 0.765 e. The van der Waals surface area contributed by atoms with Gasteiger partial charge in [-0.15, -0.1) is 0 Å². The van der Waals surface area contributed by atoms with Crippen molar-refractivity contribution in [2.75, 3.05) is 6.54 Å². The van der Waals surface area contributed by atoms with Crippen molar-refractivity contribution in [3.05, 3.63) is 0 Å². The second-order valence-electron chi connectivity index (χ2n) is 4.17. The van der Waals surface area contributed by atoms with Crippen LogP contribution >= 0.6 is 7.75 Å². The minimum absolute atomic E-state index is 0.0656. The molecule has 0 N–H and O–H groups in total. The van der Waals surface area contributed by atoms with Crippen molar-refractivity contribution in [1.29, 1.82) is 5.26 Å². The van der Waals surface area contributed by atoms with E-state index in [0.29, 0.717) is 0 Å². The summed E-state index contributed by atoms with van der Waals surface area (Å²) in [5, 5.41) is 8.51. The number of rotatable bonds is 5. The molecule has 0 amide bonds. The maximum Gasteiger partial charge on any atom is 0.126 e. The van der Waals surface area contributed by atoms with Crippen LogP contribution in [0.4, 0.5) is 0 Å². The highest BCUT2D eigenvalue weighted by molar-refractivity contribution is 7.42. The molecule has 0 fully saturated rings. The molecule has 0 saturated heterocycles. The number of nitrogens with zero attached hydrogens (tertiary/aromatic N) is 2. The van der Waals surface area contributed by atoms with Gasteiger partial charge in [-0.1, -0.05) is 0 Å². The molecule has 0 aromatic rings. The van der Waals surface area contributed by atoms with Crippen LogP contribution in [0.15, 0.2) is 0 Å². The summed E-state index contributed by atoms with van der Waals surface area (Å²) < 4.78 is 10.8. The van der Waals surface area contributed by atoms with E-state index in [1.165, 1.54) is 0 Å². The zero-order chi connectivity index (χ0) is 12.3. The van der Waals surface area contributed by atoms with Gasteiger partial charge in [0.15, 0.2) is 0 Å². The highest BCUT2D eigenvalue weighted by Gasteiger charge is 2.38. The van der Waals surface area contributed by atoms with E-state index in [1.54, 1.807) is 27.7 Å². The summed E-state index contributed by atoms with van der Waals surface area (Å²) in [6.07, 6.45) is 0.0742. The molecule has 6 heteroatoms. The quantitative estimate of drug-likeness (QED) is 0.641. The summed E-state index contributed by atoms with van der Waals surface area (Å²) in [6.45, 7) is 6.84. The first-order chi connectivity index (χ1) is 6.70. The number of hydrogen-bond donors (Lipinski definition) is 0. The molecule has 0 aliphatic rings. The summed E-state index contributed by atoms with van der Waals surface area (Å²) in [6, 6.07) is 1.22. The zero-order valence-corrected chi connectivity index (χ0v) is 10.5. The molecule has 0 atom stereocenters. The Morgan fingerprint density at radius 2 is 1.67 bits per heavy atom. The van der Waals surface area contributed by atoms with Crippen LogP contribution < -0.4 is 9.79 Å². The molecule has 0 radical (unpaired) electrons. The molecule has 0 bridgehead atoms. The first kappa shape index (κ1) is 14.6. The lowest BCUT2D eigenvalue weighted by atomic mass is 10.2. The molecule has 0 aromatic carbocycles. The van der Waals surface area contributed by atoms with Crippen LogP contribution in [-0.4, -0.2) is 22.9 Å². The lowest BCUT2D eigenvalue weighted by Crippen LogP contribution is -2.60. The topological polar surface area (TPSA) is 87.0 Å². The average molecular weight is 233 g/mol. The molecule has 88 valence electrons. The fraction of sp³-hybridized carbons (Fsp3) is 0.889. The van der Waals surface area contributed by atoms with E-state index in [9.17, 15) is 14.4 Å². The third-order valence-corrected chi connectivity index (χ3v) is 4.86. The first-order valence-electron chi connectivity index (χ1n) is 4.97. The van der Waals surface area contributed by atoms with Gasteiger partial charge in [0, 0.05) is 0 Å². The SMILES string of the molecule is CC(C)[N+](CCC#N)(C(C)C)P(=O)([O-])[O-]. The number of quaternary nitrogens is 1. The molecule has 0 saturated carbocycles. The van der Waals surface area contributed by atoms with Gasteiger partial charge in [-0.25, -0.2) is 0 Å². The van der Waals surface area contributed by atoms with E-state index in [-0.39, 0.29) is 25.0 Å². The van der Waals surface area contributed by atoms with Gasteiger partial charge in [-0.2, -0.15) is 5.26 Å². The van der Waals surface area contributed by atoms with Crippen molar-refractivity contribution in [1.82, 2.24) is 0 Å². The van der Waals surface area contributed by atoms with Crippen LogP contribution in [0.1, 0.15) is 34.1 Å². The third kappa shape index (κ3) is 2.79. The Labute approximate surface area is 91.1 Å². The van der Waals surface area contributed by atoms with E-state index in [1.807, 2.05) is 6.07 Å². The summed E-state index contributed by atoms with van der Waals surface area (Å²) in [5.74, 6) is 0. The van der Waals surface area contributed by atoms with Crippen LogP contribution in [0, 0.1) is 11.3 Å². The highest BCUT2D eigenvalue weighted by Crippen LogP contribution is 2.45. The molecule has 0 unspecified atom stereocenters. The highest BCUT2D eigenvalue weighted by atomic mass is 31.2. The van der Waals surface area contributed by atoms with Gasteiger partial charge in [0.25, 0.3) is 0 Å². The fourth-order valence-electron chi connectivity index (χ4n) is 2.03. The van der Waals surface area contributed by atoms with Gasteiger partial charge in [0.05, 0.1) is 31.1 Å². The van der Waals surface area contributed by atoms with Crippen LogP contribution in [0.25, 0.3) is 0 Å². The second kappa shape index (κ2) is 5.09. The van der Waals surface area contributed by atoms with E-state index < -0.39 is 12.0 Å². The first-order valence-corrected chi connectivity index (χ1v) is 6.46. The summed E-state index contributed by atoms with van der Waals surface area (Å²) >= 11 is 0. The Morgan fingerprint density at radius 1 is 1.27 bits per heavy atom. The Hall–Kier alpha value is -0.400. The van der Waals surface area contributed by atoms with Crippen LogP contribution in [0.5, 0.6) is 0 Å². The van der Waals surface area contributed by atoms with Crippen LogP contribution in [-0.2, 0) is 4.57 Å².